The minimum atomic E-state index is 0.229. The Morgan fingerprint density at radius 1 is 1.19 bits per heavy atom. The molecule has 0 aliphatic carbocycles. The van der Waals surface area contributed by atoms with Crippen LogP contribution in [0, 0.1) is 19.8 Å². The molecule has 2 unspecified atom stereocenters. The lowest BCUT2D eigenvalue weighted by molar-refractivity contribution is 0.125. The summed E-state index contributed by atoms with van der Waals surface area (Å²) < 4.78 is 5.65. The highest BCUT2D eigenvalue weighted by Crippen LogP contribution is 2.37. The second-order valence-electron chi connectivity index (χ2n) is 6.25. The number of hydrogen-bond acceptors (Lipinski definition) is 3. The predicted octanol–water partition coefficient (Wildman–Crippen LogP) is 3.47. The Morgan fingerprint density at radius 2 is 1.76 bits per heavy atom. The molecule has 1 heterocycles. The van der Waals surface area contributed by atoms with Gasteiger partial charge in [0.2, 0.25) is 0 Å². The highest BCUT2D eigenvalue weighted by atomic mass is 16.5. The van der Waals surface area contributed by atoms with Crippen molar-refractivity contribution >= 4 is 0 Å². The van der Waals surface area contributed by atoms with Crippen molar-refractivity contribution in [1.29, 1.82) is 0 Å². The number of ether oxygens (including phenoxy) is 1. The normalized spacial score (nSPS) is 18.7. The molecule has 1 aliphatic heterocycles. The summed E-state index contributed by atoms with van der Waals surface area (Å²) in [6.45, 7) is 11.7. The molecule has 0 spiro atoms. The first-order valence-corrected chi connectivity index (χ1v) is 8.17. The Labute approximate surface area is 128 Å². The van der Waals surface area contributed by atoms with Crippen molar-refractivity contribution in [2.75, 3.05) is 26.3 Å². The number of hydrogen-bond donors (Lipinski definition) is 1. The van der Waals surface area contributed by atoms with E-state index in [9.17, 15) is 5.11 Å². The number of aliphatic hydroxyl groups excluding tert-OH is 1. The van der Waals surface area contributed by atoms with Crippen LogP contribution in [0.2, 0.25) is 0 Å². The average molecular weight is 291 g/mol. The van der Waals surface area contributed by atoms with Crippen LogP contribution in [0.5, 0.6) is 5.75 Å². The molecule has 0 saturated carbocycles. The van der Waals surface area contributed by atoms with Gasteiger partial charge in [-0.1, -0.05) is 6.92 Å². The number of aryl methyl sites for hydroxylation is 2. The summed E-state index contributed by atoms with van der Waals surface area (Å²) in [5, 5.41) is 9.70. The predicted molar refractivity (Wildman–Crippen MR) is 86.9 cm³/mol. The zero-order chi connectivity index (χ0) is 15.4. The molecule has 0 bridgehead atoms. The van der Waals surface area contributed by atoms with Crippen molar-refractivity contribution in [2.24, 2.45) is 5.92 Å². The third-order valence-corrected chi connectivity index (χ3v) is 4.54. The SMILES string of the molecule is CCOc1cc(C)c(C(C(C)CO)N2CCCC2)c(C)c1. The maximum absolute atomic E-state index is 9.70. The molecule has 0 amide bonds. The number of nitrogens with zero attached hydrogens (tertiary/aromatic N) is 1. The Hall–Kier alpha value is -1.06. The molecule has 3 heteroatoms. The molecule has 1 aromatic rings. The Kier molecular flexibility index (Phi) is 5.65. The summed E-state index contributed by atoms with van der Waals surface area (Å²) >= 11 is 0. The van der Waals surface area contributed by atoms with Crippen molar-refractivity contribution < 1.29 is 9.84 Å². The minimum Gasteiger partial charge on any atom is -0.494 e. The van der Waals surface area contributed by atoms with E-state index in [4.69, 9.17) is 4.74 Å². The first-order valence-electron chi connectivity index (χ1n) is 8.17. The maximum atomic E-state index is 9.70. The van der Waals surface area contributed by atoms with Crippen LogP contribution in [-0.2, 0) is 0 Å². The van der Waals surface area contributed by atoms with Gasteiger partial charge in [0.25, 0.3) is 0 Å². The van der Waals surface area contributed by atoms with Crippen LogP contribution in [0.3, 0.4) is 0 Å². The monoisotopic (exact) mass is 291 g/mol. The van der Waals surface area contributed by atoms with Gasteiger partial charge in [0.15, 0.2) is 0 Å². The second kappa shape index (κ2) is 7.28. The van der Waals surface area contributed by atoms with Crippen LogP contribution in [0.25, 0.3) is 0 Å². The Balaban J connectivity index is 2.39. The van der Waals surface area contributed by atoms with E-state index >= 15 is 0 Å². The largest absolute Gasteiger partial charge is 0.494 e. The fourth-order valence-electron chi connectivity index (χ4n) is 3.60. The zero-order valence-corrected chi connectivity index (χ0v) is 13.9. The average Bonchev–Trinajstić information content (AvgIpc) is 2.96. The van der Waals surface area contributed by atoms with E-state index < -0.39 is 0 Å². The highest BCUT2D eigenvalue weighted by Gasteiger charge is 2.30. The third kappa shape index (κ3) is 3.58. The van der Waals surface area contributed by atoms with Crippen molar-refractivity contribution in [3.63, 3.8) is 0 Å². The zero-order valence-electron chi connectivity index (χ0n) is 13.9. The lowest BCUT2D eigenvalue weighted by Crippen LogP contribution is -2.33. The quantitative estimate of drug-likeness (QED) is 0.871. The molecule has 21 heavy (non-hydrogen) atoms. The third-order valence-electron chi connectivity index (χ3n) is 4.54. The van der Waals surface area contributed by atoms with Gasteiger partial charge in [0, 0.05) is 12.6 Å². The van der Waals surface area contributed by atoms with Crippen LogP contribution >= 0.6 is 0 Å². The number of aliphatic hydroxyl groups is 1. The van der Waals surface area contributed by atoms with Crippen LogP contribution < -0.4 is 4.74 Å². The van der Waals surface area contributed by atoms with Crippen molar-refractivity contribution in [2.45, 2.75) is 46.6 Å². The van der Waals surface area contributed by atoms with Gasteiger partial charge in [-0.2, -0.15) is 0 Å². The molecule has 2 rings (SSSR count). The van der Waals surface area contributed by atoms with Crippen molar-refractivity contribution in [1.82, 2.24) is 4.90 Å². The fraction of sp³-hybridized carbons (Fsp3) is 0.667. The van der Waals surface area contributed by atoms with E-state index in [1.165, 1.54) is 29.5 Å². The second-order valence-corrected chi connectivity index (χ2v) is 6.25. The first-order chi connectivity index (χ1) is 10.1. The molecular weight excluding hydrogens is 262 g/mol. The summed E-state index contributed by atoms with van der Waals surface area (Å²) in [6, 6.07) is 4.59. The smallest absolute Gasteiger partial charge is 0.119 e. The molecule has 1 aromatic carbocycles. The van der Waals surface area contributed by atoms with Gasteiger partial charge in [-0.3, -0.25) is 4.90 Å². The van der Waals surface area contributed by atoms with E-state index in [1.807, 2.05) is 6.92 Å². The van der Waals surface area contributed by atoms with E-state index in [0.717, 1.165) is 18.8 Å². The summed E-state index contributed by atoms with van der Waals surface area (Å²) in [5.74, 6) is 1.20. The molecule has 118 valence electrons. The molecule has 1 fully saturated rings. The van der Waals surface area contributed by atoms with E-state index in [2.05, 4.69) is 37.8 Å². The van der Waals surface area contributed by atoms with Crippen LogP contribution in [0.4, 0.5) is 0 Å². The summed E-state index contributed by atoms with van der Waals surface area (Å²) in [4.78, 5) is 2.54. The number of rotatable bonds is 6. The molecule has 3 nitrogen and oxygen atoms in total. The van der Waals surface area contributed by atoms with Crippen molar-refractivity contribution in [3.05, 3.63) is 28.8 Å². The van der Waals surface area contributed by atoms with Crippen LogP contribution in [-0.4, -0.2) is 36.3 Å². The molecule has 0 aromatic heterocycles. The van der Waals surface area contributed by atoms with Gasteiger partial charge < -0.3 is 9.84 Å². The highest BCUT2D eigenvalue weighted by molar-refractivity contribution is 5.43. The van der Waals surface area contributed by atoms with Gasteiger partial charge in [-0.15, -0.1) is 0 Å². The number of likely N-dealkylation sites (tertiary alicyclic amines) is 1. The topological polar surface area (TPSA) is 32.7 Å². The van der Waals surface area contributed by atoms with E-state index in [0.29, 0.717) is 12.6 Å². The molecule has 1 saturated heterocycles. The van der Waals surface area contributed by atoms with Crippen LogP contribution in [0.1, 0.15) is 49.4 Å². The standard InChI is InChI=1S/C18H29NO2/c1-5-21-16-10-13(2)17(14(3)11-16)18(15(4)12-20)19-8-6-7-9-19/h10-11,15,18,20H,5-9,12H2,1-4H3. The fourth-order valence-corrected chi connectivity index (χ4v) is 3.60. The molecule has 1 aliphatic rings. The summed E-state index contributed by atoms with van der Waals surface area (Å²) in [7, 11) is 0. The molecule has 0 radical (unpaired) electrons. The van der Waals surface area contributed by atoms with Gasteiger partial charge in [-0.05, 0) is 81.4 Å². The molecule has 2 atom stereocenters. The van der Waals surface area contributed by atoms with E-state index in [-0.39, 0.29) is 12.5 Å². The van der Waals surface area contributed by atoms with Crippen LogP contribution in [0.15, 0.2) is 12.1 Å². The Morgan fingerprint density at radius 3 is 2.24 bits per heavy atom. The van der Waals surface area contributed by atoms with Gasteiger partial charge in [0.1, 0.15) is 5.75 Å². The van der Waals surface area contributed by atoms with Gasteiger partial charge in [-0.25, -0.2) is 0 Å². The lowest BCUT2D eigenvalue weighted by Gasteiger charge is -2.34. The molecule has 1 N–H and O–H groups in total. The Bertz CT molecular complexity index is 443. The van der Waals surface area contributed by atoms with E-state index in [1.54, 1.807) is 0 Å². The van der Waals surface area contributed by atoms with Gasteiger partial charge in [0.05, 0.1) is 6.61 Å². The summed E-state index contributed by atoms with van der Waals surface area (Å²) in [6.07, 6.45) is 2.54. The molecular formula is C18H29NO2. The summed E-state index contributed by atoms with van der Waals surface area (Å²) in [5.41, 5.74) is 3.92. The maximum Gasteiger partial charge on any atom is 0.119 e. The lowest BCUT2D eigenvalue weighted by atomic mass is 9.87. The first kappa shape index (κ1) is 16.3. The number of benzene rings is 1. The van der Waals surface area contributed by atoms with Gasteiger partial charge >= 0.3 is 0 Å². The van der Waals surface area contributed by atoms with Crippen molar-refractivity contribution in [3.8, 4) is 5.75 Å². The minimum absolute atomic E-state index is 0.229.